The lowest BCUT2D eigenvalue weighted by Crippen LogP contribution is -2.46. The molecular weight excluding hydrogens is 446 g/mol. The zero-order chi connectivity index (χ0) is 23.3. The average molecular weight is 474 g/mol. The van der Waals surface area contributed by atoms with Crippen molar-refractivity contribution < 1.29 is 27.5 Å². The van der Waals surface area contributed by atoms with E-state index in [2.05, 4.69) is 10.6 Å². The molecule has 0 bridgehead atoms. The number of sulfonamides is 1. The number of hydrogen-bond donors (Lipinski definition) is 2. The summed E-state index contributed by atoms with van der Waals surface area (Å²) in [5, 5.41) is 5.18. The maximum Gasteiger partial charge on any atom is 0.309 e. The number of benzene rings is 2. The van der Waals surface area contributed by atoms with Crippen LogP contribution in [0.5, 0.6) is 11.5 Å². The molecule has 1 atom stereocenters. The van der Waals surface area contributed by atoms with E-state index in [9.17, 15) is 18.0 Å². The maximum atomic E-state index is 13.1. The van der Waals surface area contributed by atoms with E-state index in [-0.39, 0.29) is 30.8 Å². The van der Waals surface area contributed by atoms with Gasteiger partial charge in [0.25, 0.3) is 0 Å². The minimum absolute atomic E-state index is 0.165. The normalized spacial score (nSPS) is 18.0. The van der Waals surface area contributed by atoms with Crippen molar-refractivity contribution in [3.63, 3.8) is 0 Å². The van der Waals surface area contributed by atoms with Crippen LogP contribution in [0.3, 0.4) is 0 Å². The molecule has 33 heavy (non-hydrogen) atoms. The number of carbonyl (C=O) groups is 2. The molecule has 0 spiro atoms. The van der Waals surface area contributed by atoms with Gasteiger partial charge in [0, 0.05) is 25.7 Å². The van der Waals surface area contributed by atoms with E-state index < -0.39 is 21.8 Å². The number of fused-ring (bicyclic) bond motifs is 1. The van der Waals surface area contributed by atoms with Crippen LogP contribution in [0.25, 0.3) is 0 Å². The summed E-state index contributed by atoms with van der Waals surface area (Å²) in [6, 6.07) is 13.4. The second-order valence-electron chi connectivity index (χ2n) is 7.99. The van der Waals surface area contributed by atoms with E-state index in [4.69, 9.17) is 9.47 Å². The Morgan fingerprint density at radius 1 is 0.970 bits per heavy atom. The molecule has 0 unspecified atom stereocenters. The molecule has 0 aromatic heterocycles. The van der Waals surface area contributed by atoms with E-state index >= 15 is 0 Å². The summed E-state index contributed by atoms with van der Waals surface area (Å²) in [4.78, 5) is 24.6. The first-order valence-electron chi connectivity index (χ1n) is 11.0. The molecule has 10 heteroatoms. The molecule has 0 saturated carbocycles. The lowest BCUT2D eigenvalue weighted by Gasteiger charge is -2.34. The Bertz CT molecular complexity index is 1110. The van der Waals surface area contributed by atoms with E-state index in [0.717, 1.165) is 24.8 Å². The van der Waals surface area contributed by atoms with Gasteiger partial charge in [-0.3, -0.25) is 9.59 Å². The van der Waals surface area contributed by atoms with Crippen molar-refractivity contribution >= 4 is 21.8 Å². The van der Waals surface area contributed by atoms with E-state index in [1.54, 1.807) is 48.5 Å². The molecule has 2 aromatic rings. The zero-order valence-electron chi connectivity index (χ0n) is 18.2. The Kier molecular flexibility index (Phi) is 7.14. The number of ether oxygens (including phenoxy) is 2. The van der Waals surface area contributed by atoms with Gasteiger partial charge in [-0.1, -0.05) is 30.7 Å². The first-order valence-corrected chi connectivity index (χ1v) is 12.4. The molecular formula is C23H27N3O6S. The molecule has 2 aliphatic rings. The van der Waals surface area contributed by atoms with Gasteiger partial charge in [0.15, 0.2) is 11.5 Å². The fraction of sp³-hybridized carbons (Fsp3) is 0.391. The summed E-state index contributed by atoms with van der Waals surface area (Å²) in [5.74, 6) is -0.239. The van der Waals surface area contributed by atoms with Crippen molar-refractivity contribution in [1.82, 2.24) is 14.9 Å². The van der Waals surface area contributed by atoms with E-state index in [0.29, 0.717) is 24.5 Å². The Morgan fingerprint density at radius 3 is 2.55 bits per heavy atom. The predicted octanol–water partition coefficient (Wildman–Crippen LogP) is 1.78. The predicted molar refractivity (Wildman–Crippen MR) is 120 cm³/mol. The van der Waals surface area contributed by atoms with Crippen molar-refractivity contribution in [2.45, 2.75) is 43.2 Å². The number of carbonyl (C=O) groups excluding carboxylic acids is 2. The van der Waals surface area contributed by atoms with Crippen LogP contribution in [0.1, 0.15) is 31.2 Å². The summed E-state index contributed by atoms with van der Waals surface area (Å²) < 4.78 is 38.2. The number of hydrogen-bond acceptors (Lipinski definition) is 6. The Morgan fingerprint density at radius 2 is 1.73 bits per heavy atom. The van der Waals surface area contributed by atoms with Crippen molar-refractivity contribution in [3.05, 3.63) is 54.1 Å². The van der Waals surface area contributed by atoms with Crippen LogP contribution in [0.15, 0.2) is 53.4 Å². The van der Waals surface area contributed by atoms with Crippen LogP contribution in [0, 0.1) is 0 Å². The van der Waals surface area contributed by atoms with Gasteiger partial charge >= 0.3 is 11.8 Å². The Balaban J connectivity index is 1.26. The highest BCUT2D eigenvalue weighted by Crippen LogP contribution is 2.32. The summed E-state index contributed by atoms with van der Waals surface area (Å²) in [6.07, 6.45) is 2.89. The third kappa shape index (κ3) is 5.45. The Labute approximate surface area is 193 Å². The molecule has 2 aromatic carbocycles. The highest BCUT2D eigenvalue weighted by Gasteiger charge is 2.33. The largest absolute Gasteiger partial charge is 0.454 e. The van der Waals surface area contributed by atoms with Gasteiger partial charge in [0.05, 0.1) is 4.90 Å². The van der Waals surface area contributed by atoms with Crippen molar-refractivity contribution in [2.24, 2.45) is 0 Å². The standard InChI is InChI=1S/C23H27N3O6S/c27-22(23(28)25-15-17-9-10-20-21(14-17)32-16-31-20)24-12-11-18-6-4-5-13-26(18)33(29,30)19-7-2-1-3-8-19/h1-3,7-10,14,18H,4-6,11-13,15-16H2,(H,24,27)(H,25,28)/t18-/m1/s1. The van der Waals surface area contributed by atoms with Crippen molar-refractivity contribution in [1.29, 1.82) is 0 Å². The topological polar surface area (TPSA) is 114 Å². The van der Waals surface area contributed by atoms with Gasteiger partial charge in [-0.05, 0) is 49.1 Å². The van der Waals surface area contributed by atoms with Crippen LogP contribution >= 0.6 is 0 Å². The lowest BCUT2D eigenvalue weighted by atomic mass is 10.0. The van der Waals surface area contributed by atoms with Gasteiger partial charge in [-0.25, -0.2) is 8.42 Å². The minimum Gasteiger partial charge on any atom is -0.454 e. The van der Waals surface area contributed by atoms with Crippen molar-refractivity contribution in [3.8, 4) is 11.5 Å². The Hall–Kier alpha value is -3.11. The number of rotatable bonds is 7. The molecule has 0 aliphatic carbocycles. The zero-order valence-corrected chi connectivity index (χ0v) is 19.0. The fourth-order valence-electron chi connectivity index (χ4n) is 4.05. The van der Waals surface area contributed by atoms with Crippen molar-refractivity contribution in [2.75, 3.05) is 19.9 Å². The van der Waals surface area contributed by atoms with Gasteiger partial charge in [0.1, 0.15) is 0 Å². The monoisotopic (exact) mass is 473 g/mol. The lowest BCUT2D eigenvalue weighted by molar-refractivity contribution is -0.139. The first kappa shape index (κ1) is 23.1. The summed E-state index contributed by atoms with van der Waals surface area (Å²) >= 11 is 0. The molecule has 2 amide bonds. The van der Waals surface area contributed by atoms with Gasteiger partial charge in [-0.15, -0.1) is 0 Å². The molecule has 176 valence electrons. The van der Waals surface area contributed by atoms with Gasteiger partial charge < -0.3 is 20.1 Å². The number of amides is 2. The average Bonchev–Trinajstić information content (AvgIpc) is 3.31. The molecule has 0 radical (unpaired) electrons. The molecule has 2 aliphatic heterocycles. The third-order valence-electron chi connectivity index (χ3n) is 5.78. The third-order valence-corrected chi connectivity index (χ3v) is 7.75. The van der Waals surface area contributed by atoms with Crippen LogP contribution < -0.4 is 20.1 Å². The smallest absolute Gasteiger partial charge is 0.309 e. The second-order valence-corrected chi connectivity index (χ2v) is 9.88. The quantitative estimate of drug-likeness (QED) is 0.593. The highest BCUT2D eigenvalue weighted by molar-refractivity contribution is 7.89. The number of nitrogens with one attached hydrogen (secondary N) is 2. The number of piperidine rings is 1. The SMILES string of the molecule is O=C(NCC[C@H]1CCCCN1S(=O)(=O)c1ccccc1)C(=O)NCc1ccc2c(c1)OCO2. The maximum absolute atomic E-state index is 13.1. The van der Waals surface area contributed by atoms with E-state index in [1.807, 2.05) is 0 Å². The van der Waals surface area contributed by atoms with Gasteiger partial charge in [0.2, 0.25) is 16.8 Å². The van der Waals surface area contributed by atoms with Gasteiger partial charge in [-0.2, -0.15) is 4.31 Å². The van der Waals surface area contributed by atoms with Crippen LogP contribution in [0.2, 0.25) is 0 Å². The molecule has 1 saturated heterocycles. The molecule has 9 nitrogen and oxygen atoms in total. The minimum atomic E-state index is -3.60. The fourth-order valence-corrected chi connectivity index (χ4v) is 5.80. The first-order chi connectivity index (χ1) is 15.9. The molecule has 2 N–H and O–H groups in total. The molecule has 2 heterocycles. The van der Waals surface area contributed by atoms with Crippen LogP contribution in [0.4, 0.5) is 0 Å². The van der Waals surface area contributed by atoms with Crippen LogP contribution in [-0.2, 0) is 26.2 Å². The summed E-state index contributed by atoms with van der Waals surface area (Å²) in [6.45, 7) is 1.00. The second kappa shape index (κ2) is 10.2. The molecule has 4 rings (SSSR count). The van der Waals surface area contributed by atoms with Crippen LogP contribution in [-0.4, -0.2) is 50.5 Å². The number of nitrogens with zero attached hydrogens (tertiary/aromatic N) is 1. The molecule has 1 fully saturated rings. The summed E-state index contributed by atoms with van der Waals surface area (Å²) in [7, 11) is -3.60. The summed E-state index contributed by atoms with van der Waals surface area (Å²) in [5.41, 5.74) is 0.782. The highest BCUT2D eigenvalue weighted by atomic mass is 32.2. The van der Waals surface area contributed by atoms with E-state index in [1.165, 1.54) is 4.31 Å².